The van der Waals surface area contributed by atoms with Crippen LogP contribution >= 0.6 is 0 Å². The van der Waals surface area contributed by atoms with Gasteiger partial charge in [0.15, 0.2) is 6.10 Å². The highest BCUT2D eigenvalue weighted by Gasteiger charge is 2.26. The molecule has 4 heteroatoms. The van der Waals surface area contributed by atoms with Crippen molar-refractivity contribution in [3.8, 4) is 5.75 Å². The van der Waals surface area contributed by atoms with Crippen LogP contribution in [0.3, 0.4) is 0 Å². The zero-order chi connectivity index (χ0) is 14.1. The van der Waals surface area contributed by atoms with Gasteiger partial charge in [-0.25, -0.2) is 0 Å². The molecule has 0 aliphatic heterocycles. The van der Waals surface area contributed by atoms with Crippen molar-refractivity contribution in [2.75, 3.05) is 0 Å². The molecule has 3 rings (SSSR count). The fraction of sp³-hybridized carbons (Fsp3) is 0.562. The van der Waals surface area contributed by atoms with Crippen molar-refractivity contribution in [3.63, 3.8) is 0 Å². The minimum Gasteiger partial charge on any atom is -0.481 e. The molecule has 0 saturated heterocycles. The number of benzene rings is 1. The Morgan fingerprint density at radius 2 is 2.20 bits per heavy atom. The third kappa shape index (κ3) is 2.96. The van der Waals surface area contributed by atoms with E-state index in [1.807, 2.05) is 18.2 Å². The average Bonchev–Trinajstić information content (AvgIpc) is 3.22. The van der Waals surface area contributed by atoms with Crippen molar-refractivity contribution in [2.24, 2.45) is 0 Å². The summed E-state index contributed by atoms with van der Waals surface area (Å²) in [5.74, 6) is 0.654. The largest absolute Gasteiger partial charge is 0.481 e. The maximum atomic E-state index is 11.9. The van der Waals surface area contributed by atoms with Gasteiger partial charge in [0.2, 0.25) is 0 Å². The van der Waals surface area contributed by atoms with Crippen LogP contribution in [-0.2, 0) is 11.2 Å². The van der Waals surface area contributed by atoms with Gasteiger partial charge >= 0.3 is 0 Å². The van der Waals surface area contributed by atoms with Crippen molar-refractivity contribution >= 4 is 5.91 Å². The molecule has 2 N–H and O–H groups in total. The highest BCUT2D eigenvalue weighted by molar-refractivity contribution is 5.81. The molecule has 0 aromatic heterocycles. The minimum absolute atomic E-state index is 0.0507. The van der Waals surface area contributed by atoms with Crippen LogP contribution in [0, 0.1) is 0 Å². The van der Waals surface area contributed by atoms with E-state index in [9.17, 15) is 9.90 Å². The van der Waals surface area contributed by atoms with Crippen LogP contribution in [0.1, 0.15) is 49.8 Å². The number of amides is 1. The normalized spacial score (nSPS) is 22.8. The predicted molar refractivity (Wildman–Crippen MR) is 75.6 cm³/mol. The van der Waals surface area contributed by atoms with E-state index >= 15 is 0 Å². The number of ether oxygens (including phenoxy) is 1. The number of fused-ring (bicyclic) bond motifs is 1. The molecule has 1 saturated carbocycles. The van der Waals surface area contributed by atoms with Gasteiger partial charge in [-0.2, -0.15) is 0 Å². The average molecular weight is 275 g/mol. The number of aryl methyl sites for hydroxylation is 1. The topological polar surface area (TPSA) is 58.6 Å². The highest BCUT2D eigenvalue weighted by atomic mass is 16.5. The number of hydrogen-bond acceptors (Lipinski definition) is 3. The Morgan fingerprint density at radius 1 is 1.40 bits per heavy atom. The Hall–Kier alpha value is -1.55. The number of hydrogen-bond donors (Lipinski definition) is 2. The van der Waals surface area contributed by atoms with Gasteiger partial charge in [0.05, 0.1) is 6.10 Å². The van der Waals surface area contributed by atoms with Gasteiger partial charge in [0.1, 0.15) is 5.75 Å². The van der Waals surface area contributed by atoms with E-state index in [0.717, 1.165) is 43.2 Å². The van der Waals surface area contributed by atoms with E-state index in [2.05, 4.69) is 5.32 Å². The van der Waals surface area contributed by atoms with Gasteiger partial charge in [-0.3, -0.25) is 4.79 Å². The molecule has 1 aromatic carbocycles. The molecule has 1 aromatic rings. The monoisotopic (exact) mass is 275 g/mol. The molecule has 108 valence electrons. The lowest BCUT2D eigenvalue weighted by Crippen LogP contribution is -2.37. The summed E-state index contributed by atoms with van der Waals surface area (Å²) in [6.45, 7) is 1.77. The number of carbonyl (C=O) groups excluding carboxylic acids is 1. The van der Waals surface area contributed by atoms with Crippen LogP contribution in [-0.4, -0.2) is 23.2 Å². The van der Waals surface area contributed by atoms with Crippen molar-refractivity contribution in [2.45, 2.75) is 57.3 Å². The van der Waals surface area contributed by atoms with Crippen molar-refractivity contribution in [3.05, 3.63) is 29.3 Å². The van der Waals surface area contributed by atoms with E-state index in [1.165, 1.54) is 0 Å². The van der Waals surface area contributed by atoms with E-state index < -0.39 is 6.10 Å². The lowest BCUT2D eigenvalue weighted by molar-refractivity contribution is -0.127. The zero-order valence-corrected chi connectivity index (χ0v) is 11.8. The second kappa shape index (κ2) is 5.44. The van der Waals surface area contributed by atoms with Gasteiger partial charge < -0.3 is 15.2 Å². The Morgan fingerprint density at radius 3 is 2.95 bits per heavy atom. The lowest BCUT2D eigenvalue weighted by atomic mass is 9.89. The molecule has 1 amide bonds. The summed E-state index contributed by atoms with van der Waals surface area (Å²) in [5, 5.41) is 12.9. The molecule has 0 bridgehead atoms. The number of nitrogens with one attached hydrogen (secondary N) is 1. The Balaban J connectivity index is 1.66. The molecule has 2 aliphatic carbocycles. The first-order valence-corrected chi connectivity index (χ1v) is 7.41. The molecule has 2 unspecified atom stereocenters. The molecule has 4 nitrogen and oxygen atoms in total. The minimum atomic E-state index is -0.484. The zero-order valence-electron chi connectivity index (χ0n) is 11.8. The van der Waals surface area contributed by atoms with E-state index in [-0.39, 0.29) is 12.0 Å². The number of aliphatic hydroxyl groups is 1. The van der Waals surface area contributed by atoms with Crippen LogP contribution < -0.4 is 10.1 Å². The maximum absolute atomic E-state index is 11.9. The second-order valence-electron chi connectivity index (χ2n) is 5.81. The third-order valence-electron chi connectivity index (χ3n) is 4.00. The molecule has 2 atom stereocenters. The van der Waals surface area contributed by atoms with E-state index in [0.29, 0.717) is 11.8 Å². The van der Waals surface area contributed by atoms with Gasteiger partial charge in [-0.1, -0.05) is 6.07 Å². The van der Waals surface area contributed by atoms with Crippen molar-refractivity contribution in [1.29, 1.82) is 0 Å². The fourth-order valence-corrected chi connectivity index (χ4v) is 2.64. The molecule has 2 aliphatic rings. The van der Waals surface area contributed by atoms with E-state index in [4.69, 9.17) is 4.74 Å². The molecular formula is C16H21NO3. The summed E-state index contributed by atoms with van der Waals surface area (Å²) in [4.78, 5) is 11.9. The highest BCUT2D eigenvalue weighted by Crippen LogP contribution is 2.32. The summed E-state index contributed by atoms with van der Waals surface area (Å²) in [6.07, 6.45) is 4.10. The fourth-order valence-electron chi connectivity index (χ4n) is 2.64. The number of aliphatic hydroxyl groups excluding tert-OH is 1. The summed E-state index contributed by atoms with van der Waals surface area (Å²) in [6, 6.07) is 6.07. The summed E-state index contributed by atoms with van der Waals surface area (Å²) >= 11 is 0. The molecule has 20 heavy (non-hydrogen) atoms. The summed E-state index contributed by atoms with van der Waals surface area (Å²) in [7, 11) is 0. The van der Waals surface area contributed by atoms with Gasteiger partial charge in [-0.15, -0.1) is 0 Å². The van der Waals surface area contributed by atoms with Crippen LogP contribution in [0.2, 0.25) is 0 Å². The summed E-state index contributed by atoms with van der Waals surface area (Å²) < 4.78 is 5.71. The summed E-state index contributed by atoms with van der Waals surface area (Å²) in [5.41, 5.74) is 2.13. The standard InChI is InChI=1S/C16H21NO3/c1-10(16(19)17-12-5-6-12)20-13-7-8-14-11(9-13)3-2-4-15(14)18/h7-10,12,15,18H,2-6H2,1H3,(H,17,19). The van der Waals surface area contributed by atoms with E-state index in [1.54, 1.807) is 6.92 Å². The Kier molecular flexibility index (Phi) is 3.66. The molecule has 0 spiro atoms. The number of carbonyl (C=O) groups is 1. The van der Waals surface area contributed by atoms with Crippen LogP contribution in [0.25, 0.3) is 0 Å². The lowest BCUT2D eigenvalue weighted by Gasteiger charge is -2.22. The van der Waals surface area contributed by atoms with Gasteiger partial charge in [-0.05, 0) is 62.3 Å². The van der Waals surface area contributed by atoms with Crippen LogP contribution in [0.4, 0.5) is 0 Å². The third-order valence-corrected chi connectivity index (χ3v) is 4.00. The van der Waals surface area contributed by atoms with Crippen molar-refractivity contribution < 1.29 is 14.6 Å². The first-order valence-electron chi connectivity index (χ1n) is 7.41. The van der Waals surface area contributed by atoms with Crippen LogP contribution in [0.5, 0.6) is 5.75 Å². The predicted octanol–water partition coefficient (Wildman–Crippen LogP) is 2.10. The Labute approximate surface area is 119 Å². The quantitative estimate of drug-likeness (QED) is 0.884. The SMILES string of the molecule is CC(Oc1ccc2c(c1)CCCC2O)C(=O)NC1CC1. The van der Waals surface area contributed by atoms with Gasteiger partial charge in [0, 0.05) is 6.04 Å². The second-order valence-corrected chi connectivity index (χ2v) is 5.81. The van der Waals surface area contributed by atoms with Gasteiger partial charge in [0.25, 0.3) is 5.91 Å². The molecule has 1 fully saturated rings. The first-order chi connectivity index (χ1) is 9.63. The maximum Gasteiger partial charge on any atom is 0.260 e. The Bertz CT molecular complexity index is 510. The first kappa shape index (κ1) is 13.4. The molecule has 0 heterocycles. The molecule has 0 radical (unpaired) electrons. The number of rotatable bonds is 4. The van der Waals surface area contributed by atoms with Crippen molar-refractivity contribution in [1.82, 2.24) is 5.32 Å². The molecular weight excluding hydrogens is 254 g/mol. The van der Waals surface area contributed by atoms with Crippen LogP contribution in [0.15, 0.2) is 18.2 Å². The smallest absolute Gasteiger partial charge is 0.260 e.